The fourth-order valence-electron chi connectivity index (χ4n) is 3.40. The maximum Gasteiger partial charge on any atom is 0.227 e. The molecule has 128 valence electrons. The van der Waals surface area contributed by atoms with Gasteiger partial charge in [0.25, 0.3) is 0 Å². The van der Waals surface area contributed by atoms with Gasteiger partial charge in [-0.15, -0.1) is 0 Å². The summed E-state index contributed by atoms with van der Waals surface area (Å²) in [6.07, 6.45) is 2.11. The number of aromatic nitrogens is 1. The number of phenols is 1. The lowest BCUT2D eigenvalue weighted by Gasteiger charge is -2.31. The summed E-state index contributed by atoms with van der Waals surface area (Å²) in [5.74, 6) is 1.03. The third kappa shape index (κ3) is 3.22. The highest BCUT2D eigenvalue weighted by atomic mass is 16.3. The van der Waals surface area contributed by atoms with E-state index in [2.05, 4.69) is 4.98 Å². The standard InChI is InChI=1S/C20H20N2O3/c23-17-9-3-1-6-14(17)12-19(24)22-11-5-7-15(13-22)20-21-16-8-2-4-10-18(16)25-20/h1-4,6,8-10,15,23H,5,7,11-13H2/t15-/m0/s1. The molecule has 4 rings (SSSR count). The number of amides is 1. The van der Waals surface area contributed by atoms with Crippen molar-refractivity contribution in [2.45, 2.75) is 25.2 Å². The molecule has 3 aromatic rings. The van der Waals surface area contributed by atoms with Gasteiger partial charge in [-0.2, -0.15) is 0 Å². The number of hydrogen-bond donors (Lipinski definition) is 1. The largest absolute Gasteiger partial charge is 0.508 e. The van der Waals surface area contributed by atoms with E-state index in [4.69, 9.17) is 4.42 Å². The summed E-state index contributed by atoms with van der Waals surface area (Å²) in [5.41, 5.74) is 2.31. The molecule has 1 saturated heterocycles. The molecule has 0 saturated carbocycles. The lowest BCUT2D eigenvalue weighted by Crippen LogP contribution is -2.40. The molecule has 5 nitrogen and oxygen atoms in total. The summed E-state index contributed by atoms with van der Waals surface area (Å²) in [5, 5.41) is 9.87. The topological polar surface area (TPSA) is 66.6 Å². The number of phenolic OH excluding ortho intramolecular Hbond substituents is 1. The van der Waals surface area contributed by atoms with Crippen LogP contribution in [0.1, 0.15) is 30.2 Å². The first kappa shape index (κ1) is 15.7. The number of benzene rings is 2. The van der Waals surface area contributed by atoms with Crippen molar-refractivity contribution in [3.05, 3.63) is 60.0 Å². The molecular weight excluding hydrogens is 316 g/mol. The zero-order valence-electron chi connectivity index (χ0n) is 13.9. The third-order valence-corrected chi connectivity index (χ3v) is 4.77. The quantitative estimate of drug-likeness (QED) is 0.795. The van der Waals surface area contributed by atoms with Crippen molar-refractivity contribution < 1.29 is 14.3 Å². The van der Waals surface area contributed by atoms with Gasteiger partial charge in [0.2, 0.25) is 5.91 Å². The second-order valence-electron chi connectivity index (χ2n) is 6.50. The smallest absolute Gasteiger partial charge is 0.227 e. The zero-order valence-corrected chi connectivity index (χ0v) is 13.9. The van der Waals surface area contributed by atoms with Crippen LogP contribution in [0.2, 0.25) is 0 Å². The monoisotopic (exact) mass is 336 g/mol. The van der Waals surface area contributed by atoms with Gasteiger partial charge < -0.3 is 14.4 Å². The normalized spacial score (nSPS) is 17.8. The molecule has 0 unspecified atom stereocenters. The van der Waals surface area contributed by atoms with Crippen molar-refractivity contribution >= 4 is 17.0 Å². The van der Waals surface area contributed by atoms with E-state index < -0.39 is 0 Å². The van der Waals surface area contributed by atoms with Gasteiger partial charge in [-0.3, -0.25) is 4.79 Å². The van der Waals surface area contributed by atoms with Gasteiger partial charge in [-0.05, 0) is 31.0 Å². The van der Waals surface area contributed by atoms with Gasteiger partial charge in [-0.1, -0.05) is 30.3 Å². The summed E-state index contributed by atoms with van der Waals surface area (Å²) in [6.45, 7) is 1.35. The minimum absolute atomic E-state index is 0.0299. The van der Waals surface area contributed by atoms with Crippen LogP contribution in [0.5, 0.6) is 5.75 Å². The van der Waals surface area contributed by atoms with Crippen LogP contribution in [0.3, 0.4) is 0 Å². The van der Waals surface area contributed by atoms with Gasteiger partial charge in [0.05, 0.1) is 12.3 Å². The molecular formula is C20H20N2O3. The number of para-hydroxylation sites is 3. The highest BCUT2D eigenvalue weighted by molar-refractivity contribution is 5.79. The number of rotatable bonds is 3. The Balaban J connectivity index is 1.48. The van der Waals surface area contributed by atoms with E-state index in [1.54, 1.807) is 18.2 Å². The number of oxazole rings is 1. The van der Waals surface area contributed by atoms with Gasteiger partial charge >= 0.3 is 0 Å². The van der Waals surface area contributed by atoms with E-state index in [-0.39, 0.29) is 24.0 Å². The van der Waals surface area contributed by atoms with Crippen molar-refractivity contribution in [1.29, 1.82) is 0 Å². The number of likely N-dealkylation sites (tertiary alicyclic amines) is 1. The predicted molar refractivity (Wildman–Crippen MR) is 94.4 cm³/mol. The van der Waals surface area contributed by atoms with Crippen LogP contribution in [-0.2, 0) is 11.2 Å². The average molecular weight is 336 g/mol. The molecule has 1 aromatic heterocycles. The number of carbonyl (C=O) groups is 1. The predicted octanol–water partition coefficient (Wildman–Crippen LogP) is 3.48. The van der Waals surface area contributed by atoms with Crippen LogP contribution in [0.25, 0.3) is 11.1 Å². The maximum absolute atomic E-state index is 12.6. The lowest BCUT2D eigenvalue weighted by molar-refractivity contribution is -0.131. The van der Waals surface area contributed by atoms with Crippen molar-refractivity contribution in [2.75, 3.05) is 13.1 Å². The molecule has 0 spiro atoms. The first-order valence-corrected chi connectivity index (χ1v) is 8.61. The van der Waals surface area contributed by atoms with Gasteiger partial charge in [0.15, 0.2) is 11.5 Å². The summed E-state index contributed by atoms with van der Waals surface area (Å²) in [4.78, 5) is 19.1. The van der Waals surface area contributed by atoms with Crippen LogP contribution in [0.4, 0.5) is 0 Å². The first-order valence-electron chi connectivity index (χ1n) is 8.61. The van der Waals surface area contributed by atoms with Gasteiger partial charge in [0.1, 0.15) is 11.3 Å². The SMILES string of the molecule is O=C(Cc1ccccc1O)N1CCC[C@H](c2nc3ccccc3o2)C1. The van der Waals surface area contributed by atoms with E-state index in [0.29, 0.717) is 18.0 Å². The molecule has 5 heteroatoms. The Hall–Kier alpha value is -2.82. The number of hydrogen-bond acceptors (Lipinski definition) is 4. The highest BCUT2D eigenvalue weighted by Gasteiger charge is 2.28. The van der Waals surface area contributed by atoms with Crippen molar-refractivity contribution in [2.24, 2.45) is 0 Å². The Kier molecular flexibility index (Phi) is 4.14. The zero-order chi connectivity index (χ0) is 17.2. The first-order chi connectivity index (χ1) is 12.2. The summed E-state index contributed by atoms with van der Waals surface area (Å²) < 4.78 is 5.88. The summed E-state index contributed by atoms with van der Waals surface area (Å²) >= 11 is 0. The third-order valence-electron chi connectivity index (χ3n) is 4.77. The number of aromatic hydroxyl groups is 1. The summed E-state index contributed by atoms with van der Waals surface area (Å²) in [6, 6.07) is 14.7. The van der Waals surface area contributed by atoms with Crippen molar-refractivity contribution in [3.63, 3.8) is 0 Å². The molecule has 1 aliphatic rings. The van der Waals surface area contributed by atoms with Crippen molar-refractivity contribution in [1.82, 2.24) is 9.88 Å². The van der Waals surface area contributed by atoms with Crippen LogP contribution < -0.4 is 0 Å². The molecule has 1 aliphatic heterocycles. The Morgan fingerprint density at radius 1 is 1.20 bits per heavy atom. The molecule has 0 bridgehead atoms. The maximum atomic E-state index is 12.6. The Bertz CT molecular complexity index is 870. The van der Waals surface area contributed by atoms with E-state index in [9.17, 15) is 9.90 Å². The summed E-state index contributed by atoms with van der Waals surface area (Å²) in [7, 11) is 0. The van der Waals surface area contributed by atoms with Crippen LogP contribution in [0.15, 0.2) is 52.9 Å². The van der Waals surface area contributed by atoms with Crippen LogP contribution in [0, 0.1) is 0 Å². The number of fused-ring (bicyclic) bond motifs is 1. The number of nitrogens with zero attached hydrogens (tertiary/aromatic N) is 2. The van der Waals surface area contributed by atoms with Gasteiger partial charge in [-0.25, -0.2) is 4.98 Å². The second-order valence-corrected chi connectivity index (χ2v) is 6.50. The van der Waals surface area contributed by atoms with Crippen molar-refractivity contribution in [3.8, 4) is 5.75 Å². The van der Waals surface area contributed by atoms with Gasteiger partial charge in [0, 0.05) is 18.7 Å². The molecule has 2 heterocycles. The molecule has 2 aromatic carbocycles. The minimum Gasteiger partial charge on any atom is -0.508 e. The average Bonchev–Trinajstić information content (AvgIpc) is 3.08. The van der Waals surface area contributed by atoms with Crippen LogP contribution >= 0.6 is 0 Å². The molecule has 0 radical (unpaired) electrons. The van der Waals surface area contributed by atoms with E-state index in [0.717, 1.165) is 30.5 Å². The minimum atomic E-state index is 0.0299. The molecule has 1 amide bonds. The number of piperidine rings is 1. The fourth-order valence-corrected chi connectivity index (χ4v) is 3.40. The molecule has 1 atom stereocenters. The fraction of sp³-hybridized carbons (Fsp3) is 0.300. The Labute approximate surface area is 145 Å². The van der Waals surface area contributed by atoms with Crippen LogP contribution in [-0.4, -0.2) is 34.0 Å². The molecule has 1 fully saturated rings. The molecule has 1 N–H and O–H groups in total. The second kappa shape index (κ2) is 6.59. The lowest BCUT2D eigenvalue weighted by atomic mass is 9.97. The van der Waals surface area contributed by atoms with E-state index in [1.807, 2.05) is 35.2 Å². The number of carbonyl (C=O) groups excluding carboxylic acids is 1. The highest BCUT2D eigenvalue weighted by Crippen LogP contribution is 2.29. The van der Waals surface area contributed by atoms with E-state index in [1.165, 1.54) is 0 Å². The molecule has 0 aliphatic carbocycles. The molecule has 25 heavy (non-hydrogen) atoms. The Morgan fingerprint density at radius 2 is 2.00 bits per heavy atom. The van der Waals surface area contributed by atoms with E-state index >= 15 is 0 Å². The Morgan fingerprint density at radius 3 is 2.84 bits per heavy atom.